The van der Waals surface area contributed by atoms with Gasteiger partial charge in [0.25, 0.3) is 0 Å². The van der Waals surface area contributed by atoms with Gasteiger partial charge in [-0.3, -0.25) is 0 Å². The zero-order chi connectivity index (χ0) is 11.5. The third-order valence-electron chi connectivity index (χ3n) is 3.11. The molecule has 1 atom stereocenters. The molecule has 1 aliphatic heterocycles. The van der Waals surface area contributed by atoms with E-state index in [1.807, 2.05) is 19.2 Å². The van der Waals surface area contributed by atoms with E-state index in [9.17, 15) is 0 Å². The Hall–Kier alpha value is -1.13. The number of pyridine rings is 1. The Bertz CT molecular complexity index is 343. The van der Waals surface area contributed by atoms with Crippen LogP contribution in [0.3, 0.4) is 0 Å². The van der Waals surface area contributed by atoms with Crippen molar-refractivity contribution in [3.05, 3.63) is 23.9 Å². The summed E-state index contributed by atoms with van der Waals surface area (Å²) in [6.45, 7) is 6.26. The first-order chi connectivity index (χ1) is 7.68. The van der Waals surface area contributed by atoms with Gasteiger partial charge in [-0.15, -0.1) is 0 Å². The van der Waals surface area contributed by atoms with Crippen LogP contribution in [0.2, 0.25) is 0 Å². The van der Waals surface area contributed by atoms with Crippen LogP contribution in [0.4, 0.5) is 5.82 Å². The molecule has 4 heteroatoms. The summed E-state index contributed by atoms with van der Waals surface area (Å²) in [4.78, 5) is 9.15. The van der Waals surface area contributed by atoms with Gasteiger partial charge in [-0.2, -0.15) is 0 Å². The summed E-state index contributed by atoms with van der Waals surface area (Å²) in [5.41, 5.74) is 7.12. The molecule has 0 radical (unpaired) electrons. The number of rotatable bonds is 2. The average molecular weight is 220 g/mol. The van der Waals surface area contributed by atoms with Gasteiger partial charge in [0.2, 0.25) is 0 Å². The van der Waals surface area contributed by atoms with Crippen molar-refractivity contribution < 1.29 is 0 Å². The standard InChI is InChI=1S/C12H20N4/c1-10(13)11-4-3-5-14-12(11)16-8-6-15(2)7-9-16/h3-5,10H,6-9,13H2,1-2H3/t10-/m1/s1. The van der Waals surface area contributed by atoms with Gasteiger partial charge in [0.15, 0.2) is 0 Å². The first kappa shape index (κ1) is 11.4. The minimum absolute atomic E-state index is 0.0448. The maximum Gasteiger partial charge on any atom is 0.133 e. The maximum atomic E-state index is 5.97. The number of likely N-dealkylation sites (N-methyl/N-ethyl adjacent to an activating group) is 1. The van der Waals surface area contributed by atoms with E-state index in [1.54, 1.807) is 0 Å². The van der Waals surface area contributed by atoms with Crippen LogP contribution in [0.15, 0.2) is 18.3 Å². The summed E-state index contributed by atoms with van der Waals surface area (Å²) in [7, 11) is 2.15. The van der Waals surface area contributed by atoms with Gasteiger partial charge in [-0.1, -0.05) is 6.07 Å². The van der Waals surface area contributed by atoms with Crippen LogP contribution in [0.25, 0.3) is 0 Å². The molecule has 88 valence electrons. The van der Waals surface area contributed by atoms with Crippen molar-refractivity contribution in [2.45, 2.75) is 13.0 Å². The molecular weight excluding hydrogens is 200 g/mol. The van der Waals surface area contributed by atoms with Gasteiger partial charge in [-0.25, -0.2) is 4.98 Å². The SMILES string of the molecule is C[C@@H](N)c1cccnc1N1CCN(C)CC1. The Morgan fingerprint density at radius 1 is 1.31 bits per heavy atom. The molecule has 2 N–H and O–H groups in total. The lowest BCUT2D eigenvalue weighted by molar-refractivity contribution is 0.311. The van der Waals surface area contributed by atoms with Crippen LogP contribution in [0, 0.1) is 0 Å². The Morgan fingerprint density at radius 2 is 2.00 bits per heavy atom. The second-order valence-corrected chi connectivity index (χ2v) is 4.50. The molecule has 1 fully saturated rings. The minimum Gasteiger partial charge on any atom is -0.354 e. The summed E-state index contributed by atoms with van der Waals surface area (Å²) in [5, 5.41) is 0. The quantitative estimate of drug-likeness (QED) is 0.802. The van der Waals surface area contributed by atoms with E-state index >= 15 is 0 Å². The van der Waals surface area contributed by atoms with Crippen molar-refractivity contribution in [2.24, 2.45) is 5.73 Å². The molecule has 16 heavy (non-hydrogen) atoms. The molecule has 0 bridgehead atoms. The Morgan fingerprint density at radius 3 is 2.62 bits per heavy atom. The normalized spacial score (nSPS) is 19.8. The van der Waals surface area contributed by atoms with Gasteiger partial charge < -0.3 is 15.5 Å². The Labute approximate surface area is 97.1 Å². The smallest absolute Gasteiger partial charge is 0.133 e. The summed E-state index contributed by atoms with van der Waals surface area (Å²) in [5.74, 6) is 1.06. The molecule has 2 heterocycles. The first-order valence-corrected chi connectivity index (χ1v) is 5.82. The summed E-state index contributed by atoms with van der Waals surface area (Å²) in [6, 6.07) is 4.08. The van der Waals surface area contributed by atoms with Gasteiger partial charge >= 0.3 is 0 Å². The fraction of sp³-hybridized carbons (Fsp3) is 0.583. The molecule has 4 nitrogen and oxygen atoms in total. The number of nitrogens with zero attached hydrogens (tertiary/aromatic N) is 3. The van der Waals surface area contributed by atoms with Crippen LogP contribution in [-0.2, 0) is 0 Å². The van der Waals surface area contributed by atoms with Crippen LogP contribution >= 0.6 is 0 Å². The zero-order valence-corrected chi connectivity index (χ0v) is 10.1. The highest BCUT2D eigenvalue weighted by atomic mass is 15.3. The van der Waals surface area contributed by atoms with Gasteiger partial charge in [-0.05, 0) is 20.0 Å². The molecule has 2 rings (SSSR count). The molecule has 0 aromatic carbocycles. The average Bonchev–Trinajstić information content (AvgIpc) is 2.30. The van der Waals surface area contributed by atoms with E-state index in [1.165, 1.54) is 0 Å². The van der Waals surface area contributed by atoms with Crippen molar-refractivity contribution >= 4 is 5.82 Å². The second kappa shape index (κ2) is 4.80. The molecule has 0 amide bonds. The summed E-state index contributed by atoms with van der Waals surface area (Å²) in [6.07, 6.45) is 1.85. The third kappa shape index (κ3) is 2.33. The molecule has 0 spiro atoms. The predicted molar refractivity (Wildman–Crippen MR) is 66.5 cm³/mol. The van der Waals surface area contributed by atoms with E-state index < -0.39 is 0 Å². The highest BCUT2D eigenvalue weighted by Gasteiger charge is 2.18. The van der Waals surface area contributed by atoms with Crippen molar-refractivity contribution in [1.82, 2.24) is 9.88 Å². The summed E-state index contributed by atoms with van der Waals surface area (Å²) < 4.78 is 0. The van der Waals surface area contributed by atoms with Crippen molar-refractivity contribution in [2.75, 3.05) is 38.1 Å². The largest absolute Gasteiger partial charge is 0.354 e. The molecule has 1 aliphatic rings. The number of nitrogens with two attached hydrogens (primary N) is 1. The number of anilines is 1. The van der Waals surface area contributed by atoms with Crippen LogP contribution in [0.5, 0.6) is 0 Å². The molecule has 1 aromatic rings. The minimum atomic E-state index is 0.0448. The van der Waals surface area contributed by atoms with Crippen LogP contribution in [0.1, 0.15) is 18.5 Å². The van der Waals surface area contributed by atoms with E-state index in [0.29, 0.717) is 0 Å². The van der Waals surface area contributed by atoms with E-state index in [0.717, 1.165) is 37.6 Å². The number of aromatic nitrogens is 1. The van der Waals surface area contributed by atoms with Crippen molar-refractivity contribution in [1.29, 1.82) is 0 Å². The topological polar surface area (TPSA) is 45.4 Å². The number of hydrogen-bond donors (Lipinski definition) is 1. The fourth-order valence-electron chi connectivity index (χ4n) is 2.05. The van der Waals surface area contributed by atoms with E-state index in [4.69, 9.17) is 5.73 Å². The Kier molecular flexibility index (Phi) is 3.41. The number of piperazine rings is 1. The third-order valence-corrected chi connectivity index (χ3v) is 3.11. The lowest BCUT2D eigenvalue weighted by atomic mass is 10.1. The molecule has 0 saturated carbocycles. The lowest BCUT2D eigenvalue weighted by Gasteiger charge is -2.34. The van der Waals surface area contributed by atoms with Gasteiger partial charge in [0.1, 0.15) is 5.82 Å². The van der Waals surface area contributed by atoms with E-state index in [2.05, 4.69) is 27.9 Å². The van der Waals surface area contributed by atoms with Crippen LogP contribution in [-0.4, -0.2) is 43.1 Å². The maximum absolute atomic E-state index is 5.97. The van der Waals surface area contributed by atoms with Crippen LogP contribution < -0.4 is 10.6 Å². The molecule has 0 unspecified atom stereocenters. The molecular formula is C12H20N4. The predicted octanol–water partition coefficient (Wildman–Crippen LogP) is 0.853. The monoisotopic (exact) mass is 220 g/mol. The number of hydrogen-bond acceptors (Lipinski definition) is 4. The molecule has 1 aromatic heterocycles. The highest BCUT2D eigenvalue weighted by molar-refractivity contribution is 5.48. The molecule has 0 aliphatic carbocycles. The first-order valence-electron chi connectivity index (χ1n) is 5.82. The van der Waals surface area contributed by atoms with Crippen molar-refractivity contribution in [3.8, 4) is 0 Å². The second-order valence-electron chi connectivity index (χ2n) is 4.50. The zero-order valence-electron chi connectivity index (χ0n) is 10.1. The van der Waals surface area contributed by atoms with E-state index in [-0.39, 0.29) is 6.04 Å². The fourth-order valence-corrected chi connectivity index (χ4v) is 2.05. The van der Waals surface area contributed by atoms with Gasteiger partial charge in [0, 0.05) is 44.0 Å². The van der Waals surface area contributed by atoms with Crippen molar-refractivity contribution in [3.63, 3.8) is 0 Å². The summed E-state index contributed by atoms with van der Waals surface area (Å²) >= 11 is 0. The highest BCUT2D eigenvalue weighted by Crippen LogP contribution is 2.22. The Balaban J connectivity index is 2.19. The van der Waals surface area contributed by atoms with Gasteiger partial charge in [0.05, 0.1) is 0 Å². The molecule has 1 saturated heterocycles. The lowest BCUT2D eigenvalue weighted by Crippen LogP contribution is -2.45.